The van der Waals surface area contributed by atoms with E-state index in [9.17, 15) is 8.42 Å². The molecule has 2 aromatic rings. The van der Waals surface area contributed by atoms with Gasteiger partial charge in [0.2, 0.25) is 10.0 Å². The van der Waals surface area contributed by atoms with Crippen LogP contribution >= 0.6 is 0 Å². The van der Waals surface area contributed by atoms with Crippen LogP contribution < -0.4 is 14.2 Å². The van der Waals surface area contributed by atoms with Crippen LogP contribution in [-0.4, -0.2) is 27.2 Å². The first-order valence-electron chi connectivity index (χ1n) is 9.14. The number of para-hydroxylation sites is 1. The maximum Gasteiger partial charge on any atom is 0.241 e. The molecular formula is C22H25NO4S. The first kappa shape index (κ1) is 20.2. The first-order chi connectivity index (χ1) is 13.2. The molecule has 0 amide bonds. The molecule has 0 bridgehead atoms. The zero-order chi connectivity index (χ0) is 20.4. The molecule has 0 spiro atoms. The molecule has 1 aliphatic rings. The Morgan fingerprint density at radius 3 is 2.75 bits per heavy atom. The molecular weight excluding hydrogens is 374 g/mol. The molecule has 0 saturated carbocycles. The van der Waals surface area contributed by atoms with Crippen molar-refractivity contribution in [2.24, 2.45) is 0 Å². The third kappa shape index (κ3) is 4.67. The van der Waals surface area contributed by atoms with Gasteiger partial charge in [-0.15, -0.1) is 0 Å². The molecule has 1 heterocycles. The summed E-state index contributed by atoms with van der Waals surface area (Å²) in [6.07, 6.45) is 0.839. The molecule has 0 radical (unpaired) electrons. The predicted octanol–water partition coefficient (Wildman–Crippen LogP) is 3.38. The van der Waals surface area contributed by atoms with Crippen molar-refractivity contribution in [2.75, 3.05) is 13.2 Å². The summed E-state index contributed by atoms with van der Waals surface area (Å²) in [5.74, 6) is 7.06. The number of hydrogen-bond donors (Lipinski definition) is 1. The fourth-order valence-electron chi connectivity index (χ4n) is 3.13. The average molecular weight is 400 g/mol. The van der Waals surface area contributed by atoms with Crippen molar-refractivity contribution >= 4 is 10.0 Å². The van der Waals surface area contributed by atoms with Gasteiger partial charge in [-0.25, -0.2) is 8.42 Å². The van der Waals surface area contributed by atoms with Crippen molar-refractivity contribution in [2.45, 2.75) is 44.6 Å². The number of fused-ring (bicyclic) bond motifs is 1. The predicted molar refractivity (Wildman–Crippen MR) is 109 cm³/mol. The second-order valence-electron chi connectivity index (χ2n) is 7.52. The summed E-state index contributed by atoms with van der Waals surface area (Å²) in [6.45, 7) is 7.90. The van der Waals surface area contributed by atoms with E-state index in [0.717, 1.165) is 23.3 Å². The smallest absolute Gasteiger partial charge is 0.241 e. The van der Waals surface area contributed by atoms with E-state index in [1.54, 1.807) is 19.1 Å². The lowest BCUT2D eigenvalue weighted by Crippen LogP contribution is -2.25. The van der Waals surface area contributed by atoms with Gasteiger partial charge in [0, 0.05) is 12.0 Å². The summed E-state index contributed by atoms with van der Waals surface area (Å²) in [4.78, 5) is 0.283. The monoisotopic (exact) mass is 399 g/mol. The molecule has 1 aliphatic heterocycles. The van der Waals surface area contributed by atoms with E-state index in [4.69, 9.17) is 9.47 Å². The SMILES string of the molecule is Cc1ccc(C)c(S(=O)(=O)NCC#CCOc2cccc3c2OC(C)(C)C3)c1. The molecule has 0 atom stereocenters. The Labute approximate surface area is 167 Å². The lowest BCUT2D eigenvalue weighted by atomic mass is 10.0. The summed E-state index contributed by atoms with van der Waals surface area (Å²) in [5.41, 5.74) is 2.48. The van der Waals surface area contributed by atoms with Gasteiger partial charge >= 0.3 is 0 Å². The van der Waals surface area contributed by atoms with Crippen molar-refractivity contribution in [3.05, 3.63) is 53.1 Å². The second-order valence-corrected chi connectivity index (χ2v) is 9.25. The molecule has 2 aromatic carbocycles. The largest absolute Gasteiger partial charge is 0.483 e. The third-order valence-corrected chi connectivity index (χ3v) is 6.01. The molecule has 0 aliphatic carbocycles. The van der Waals surface area contributed by atoms with Gasteiger partial charge in [0.15, 0.2) is 11.5 Å². The van der Waals surface area contributed by atoms with E-state index in [2.05, 4.69) is 16.6 Å². The van der Waals surface area contributed by atoms with E-state index in [1.165, 1.54) is 0 Å². The lowest BCUT2D eigenvalue weighted by molar-refractivity contribution is 0.133. The van der Waals surface area contributed by atoms with E-state index in [-0.39, 0.29) is 23.6 Å². The Morgan fingerprint density at radius 2 is 1.96 bits per heavy atom. The number of nitrogens with one attached hydrogen (secondary N) is 1. The van der Waals surface area contributed by atoms with Crippen LogP contribution in [0.4, 0.5) is 0 Å². The summed E-state index contributed by atoms with van der Waals surface area (Å²) in [6, 6.07) is 11.2. The zero-order valence-electron chi connectivity index (χ0n) is 16.6. The van der Waals surface area contributed by atoms with Crippen molar-refractivity contribution in [3.8, 4) is 23.3 Å². The molecule has 0 saturated heterocycles. The molecule has 5 nitrogen and oxygen atoms in total. The van der Waals surface area contributed by atoms with Crippen molar-refractivity contribution in [3.63, 3.8) is 0 Å². The van der Waals surface area contributed by atoms with Crippen LogP contribution in [-0.2, 0) is 16.4 Å². The molecule has 6 heteroatoms. The van der Waals surface area contributed by atoms with Crippen LogP contribution in [0.3, 0.4) is 0 Å². The number of rotatable bonds is 5. The Balaban J connectivity index is 1.56. The summed E-state index contributed by atoms with van der Waals surface area (Å²) in [7, 11) is -3.59. The van der Waals surface area contributed by atoms with Crippen LogP contribution in [0.25, 0.3) is 0 Å². The summed E-state index contributed by atoms with van der Waals surface area (Å²) in [5, 5.41) is 0. The highest BCUT2D eigenvalue weighted by Crippen LogP contribution is 2.41. The highest BCUT2D eigenvalue weighted by molar-refractivity contribution is 7.89. The summed E-state index contributed by atoms with van der Waals surface area (Å²) < 4.78 is 39.0. The average Bonchev–Trinajstić information content (AvgIpc) is 2.94. The topological polar surface area (TPSA) is 64.6 Å². The molecule has 1 N–H and O–H groups in total. The van der Waals surface area contributed by atoms with Crippen LogP contribution in [0, 0.1) is 25.7 Å². The maximum absolute atomic E-state index is 12.4. The molecule has 28 heavy (non-hydrogen) atoms. The van der Waals surface area contributed by atoms with Gasteiger partial charge in [-0.2, -0.15) is 4.72 Å². The van der Waals surface area contributed by atoms with E-state index >= 15 is 0 Å². The number of sulfonamides is 1. The molecule has 0 unspecified atom stereocenters. The highest BCUT2D eigenvalue weighted by Gasteiger charge is 2.32. The minimum Gasteiger partial charge on any atom is -0.483 e. The van der Waals surface area contributed by atoms with Crippen LogP contribution in [0.1, 0.15) is 30.5 Å². The normalized spacial score (nSPS) is 14.6. The minimum atomic E-state index is -3.59. The Kier molecular flexibility index (Phi) is 5.69. The number of benzene rings is 2. The quantitative estimate of drug-likeness (QED) is 0.783. The Bertz CT molecular complexity index is 1050. The van der Waals surface area contributed by atoms with Gasteiger partial charge in [-0.05, 0) is 51.0 Å². The van der Waals surface area contributed by atoms with Gasteiger partial charge in [0.1, 0.15) is 12.2 Å². The fourth-order valence-corrected chi connectivity index (χ4v) is 4.38. The molecule has 0 aromatic heterocycles. The van der Waals surface area contributed by atoms with E-state index in [1.807, 2.05) is 45.0 Å². The standard InChI is InChI=1S/C22H25NO4S/c1-16-10-11-17(2)20(14-16)28(24,25)23-12-5-6-13-26-19-9-7-8-18-15-22(3,4)27-21(18)19/h7-11,14,23H,12-13,15H2,1-4H3. The Hall–Kier alpha value is -2.49. The molecule has 3 rings (SSSR count). The Morgan fingerprint density at radius 1 is 1.18 bits per heavy atom. The van der Waals surface area contributed by atoms with Gasteiger partial charge in [-0.3, -0.25) is 0 Å². The van der Waals surface area contributed by atoms with Gasteiger partial charge in [-0.1, -0.05) is 36.1 Å². The van der Waals surface area contributed by atoms with Crippen molar-refractivity contribution < 1.29 is 17.9 Å². The molecule has 0 fully saturated rings. The van der Waals surface area contributed by atoms with Gasteiger partial charge < -0.3 is 9.47 Å². The van der Waals surface area contributed by atoms with Gasteiger partial charge in [0.05, 0.1) is 11.4 Å². The van der Waals surface area contributed by atoms with Gasteiger partial charge in [0.25, 0.3) is 0 Å². The highest BCUT2D eigenvalue weighted by atomic mass is 32.2. The van der Waals surface area contributed by atoms with Crippen LogP contribution in [0.15, 0.2) is 41.3 Å². The first-order valence-corrected chi connectivity index (χ1v) is 10.6. The minimum absolute atomic E-state index is 0.0233. The third-order valence-electron chi connectivity index (χ3n) is 4.46. The van der Waals surface area contributed by atoms with Crippen LogP contribution in [0.5, 0.6) is 11.5 Å². The maximum atomic E-state index is 12.4. The van der Waals surface area contributed by atoms with E-state index < -0.39 is 10.0 Å². The fraction of sp³-hybridized carbons (Fsp3) is 0.364. The zero-order valence-corrected chi connectivity index (χ0v) is 17.4. The van der Waals surface area contributed by atoms with Crippen molar-refractivity contribution in [1.29, 1.82) is 0 Å². The van der Waals surface area contributed by atoms with Crippen LogP contribution in [0.2, 0.25) is 0 Å². The summed E-state index contributed by atoms with van der Waals surface area (Å²) >= 11 is 0. The second kappa shape index (κ2) is 7.86. The van der Waals surface area contributed by atoms with E-state index in [0.29, 0.717) is 11.3 Å². The molecule has 148 valence electrons. The van der Waals surface area contributed by atoms with Crippen molar-refractivity contribution in [1.82, 2.24) is 4.72 Å². The number of aryl methyl sites for hydroxylation is 2. The number of hydrogen-bond acceptors (Lipinski definition) is 4. The number of ether oxygens (including phenoxy) is 2. The lowest BCUT2D eigenvalue weighted by Gasteiger charge is -2.17.